The lowest BCUT2D eigenvalue weighted by molar-refractivity contribution is -0.116. The van der Waals surface area contributed by atoms with Crippen molar-refractivity contribution >= 4 is 39.1 Å². The van der Waals surface area contributed by atoms with Gasteiger partial charge in [-0.15, -0.1) is 0 Å². The molecular weight excluding hydrogens is 414 g/mol. The maximum absolute atomic E-state index is 12.6. The fourth-order valence-electron chi connectivity index (χ4n) is 3.03. The predicted molar refractivity (Wildman–Crippen MR) is 111 cm³/mol. The Morgan fingerprint density at radius 1 is 1.03 bits per heavy atom. The van der Waals surface area contributed by atoms with Crippen LogP contribution in [0.1, 0.15) is 29.6 Å². The molecular formula is C20H22ClN3O4S. The van der Waals surface area contributed by atoms with Gasteiger partial charge in [-0.2, -0.15) is 4.31 Å². The van der Waals surface area contributed by atoms with Crippen LogP contribution in [0.3, 0.4) is 0 Å². The molecule has 0 radical (unpaired) electrons. The quantitative estimate of drug-likeness (QED) is 0.699. The number of halogens is 1. The summed E-state index contributed by atoms with van der Waals surface area (Å²) in [4.78, 5) is 24.3. The lowest BCUT2D eigenvalue weighted by Gasteiger charge is -2.16. The summed E-state index contributed by atoms with van der Waals surface area (Å²) in [6.07, 6.45) is 1.78. The van der Waals surface area contributed by atoms with Crippen molar-refractivity contribution in [2.24, 2.45) is 0 Å². The Bertz CT molecular complexity index is 987. The summed E-state index contributed by atoms with van der Waals surface area (Å²) in [7, 11) is -3.54. The number of benzene rings is 2. The van der Waals surface area contributed by atoms with Crippen LogP contribution in [0.15, 0.2) is 53.4 Å². The van der Waals surface area contributed by atoms with Gasteiger partial charge in [0.25, 0.3) is 5.91 Å². The highest BCUT2D eigenvalue weighted by Crippen LogP contribution is 2.23. The third-order valence-electron chi connectivity index (χ3n) is 4.56. The number of nitrogens with one attached hydrogen (secondary N) is 2. The minimum absolute atomic E-state index is 0.0580. The third kappa shape index (κ3) is 5.56. The van der Waals surface area contributed by atoms with Crippen molar-refractivity contribution in [2.45, 2.75) is 24.2 Å². The van der Waals surface area contributed by atoms with E-state index in [1.807, 2.05) is 0 Å². The van der Waals surface area contributed by atoms with E-state index >= 15 is 0 Å². The molecule has 0 unspecified atom stereocenters. The molecule has 2 aromatic carbocycles. The van der Waals surface area contributed by atoms with Gasteiger partial charge in [-0.25, -0.2) is 8.42 Å². The Morgan fingerprint density at radius 2 is 1.72 bits per heavy atom. The van der Waals surface area contributed by atoms with Gasteiger partial charge in [0, 0.05) is 42.3 Å². The number of hydrogen-bond donors (Lipinski definition) is 2. The zero-order valence-electron chi connectivity index (χ0n) is 15.7. The van der Waals surface area contributed by atoms with E-state index in [0.717, 1.165) is 12.8 Å². The lowest BCUT2D eigenvalue weighted by atomic mass is 10.2. The Morgan fingerprint density at radius 3 is 2.41 bits per heavy atom. The molecule has 1 fully saturated rings. The molecule has 1 saturated heterocycles. The van der Waals surface area contributed by atoms with Gasteiger partial charge in [-0.05, 0) is 55.3 Å². The second kappa shape index (κ2) is 9.39. The molecule has 2 amide bonds. The first-order valence-electron chi connectivity index (χ1n) is 9.30. The van der Waals surface area contributed by atoms with Gasteiger partial charge in [0.05, 0.1) is 4.90 Å². The average molecular weight is 436 g/mol. The topological polar surface area (TPSA) is 95.6 Å². The zero-order valence-corrected chi connectivity index (χ0v) is 17.3. The van der Waals surface area contributed by atoms with E-state index in [-0.39, 0.29) is 29.7 Å². The summed E-state index contributed by atoms with van der Waals surface area (Å²) in [5.41, 5.74) is 0.855. The van der Waals surface area contributed by atoms with E-state index in [4.69, 9.17) is 11.6 Å². The van der Waals surface area contributed by atoms with Crippen molar-refractivity contribution in [2.75, 3.05) is 25.0 Å². The first kappa shape index (κ1) is 21.3. The van der Waals surface area contributed by atoms with E-state index < -0.39 is 10.0 Å². The van der Waals surface area contributed by atoms with Crippen molar-refractivity contribution in [3.05, 3.63) is 59.1 Å². The highest BCUT2D eigenvalue weighted by molar-refractivity contribution is 7.89. The summed E-state index contributed by atoms with van der Waals surface area (Å²) in [6, 6.07) is 12.6. The fraction of sp³-hybridized carbons (Fsp3) is 0.300. The average Bonchev–Trinajstić information content (AvgIpc) is 3.24. The van der Waals surface area contributed by atoms with Crippen molar-refractivity contribution in [3.63, 3.8) is 0 Å². The number of amides is 2. The van der Waals surface area contributed by atoms with E-state index in [1.165, 1.54) is 16.4 Å². The molecule has 3 rings (SSSR count). The van der Waals surface area contributed by atoms with E-state index in [0.29, 0.717) is 29.4 Å². The van der Waals surface area contributed by atoms with Crippen LogP contribution < -0.4 is 10.6 Å². The fourth-order valence-corrected chi connectivity index (χ4v) is 4.72. The second-order valence-corrected chi connectivity index (χ2v) is 9.07. The van der Waals surface area contributed by atoms with Crippen molar-refractivity contribution in [1.82, 2.24) is 9.62 Å². The van der Waals surface area contributed by atoms with Crippen molar-refractivity contribution in [1.29, 1.82) is 0 Å². The number of sulfonamides is 1. The molecule has 29 heavy (non-hydrogen) atoms. The molecule has 2 aromatic rings. The van der Waals surface area contributed by atoms with Crippen molar-refractivity contribution < 1.29 is 18.0 Å². The van der Waals surface area contributed by atoms with Gasteiger partial charge in [0.2, 0.25) is 15.9 Å². The smallest absolute Gasteiger partial charge is 0.251 e. The van der Waals surface area contributed by atoms with Crippen LogP contribution >= 0.6 is 11.6 Å². The maximum Gasteiger partial charge on any atom is 0.251 e. The lowest BCUT2D eigenvalue weighted by Crippen LogP contribution is -2.28. The van der Waals surface area contributed by atoms with Crippen LogP contribution in [0.25, 0.3) is 0 Å². The van der Waals surface area contributed by atoms with Crippen LogP contribution in [-0.2, 0) is 14.8 Å². The third-order valence-corrected chi connectivity index (χ3v) is 6.71. The monoisotopic (exact) mass is 435 g/mol. The SMILES string of the molecule is O=C(CCNC(=O)c1ccc(Cl)cc1)Nc1cccc(S(=O)(=O)N2CCCC2)c1. The van der Waals surface area contributed by atoms with Crippen LogP contribution in [0.4, 0.5) is 5.69 Å². The summed E-state index contributed by atoms with van der Waals surface area (Å²) >= 11 is 5.79. The minimum Gasteiger partial charge on any atom is -0.352 e. The van der Waals surface area contributed by atoms with E-state index in [2.05, 4.69) is 10.6 Å². The van der Waals surface area contributed by atoms with Crippen LogP contribution in [0, 0.1) is 0 Å². The first-order chi connectivity index (χ1) is 13.9. The van der Waals surface area contributed by atoms with Gasteiger partial charge < -0.3 is 10.6 Å². The standard InChI is InChI=1S/C20H22ClN3O4S/c21-16-8-6-15(7-9-16)20(26)22-11-10-19(25)23-17-4-3-5-18(14-17)29(27,28)24-12-1-2-13-24/h3-9,14H,1-2,10-13H2,(H,22,26)(H,23,25). The molecule has 154 valence electrons. The molecule has 0 aromatic heterocycles. The molecule has 0 spiro atoms. The second-order valence-electron chi connectivity index (χ2n) is 6.70. The van der Waals surface area contributed by atoms with Gasteiger partial charge in [0.15, 0.2) is 0 Å². The van der Waals surface area contributed by atoms with Crippen LogP contribution in [0.2, 0.25) is 5.02 Å². The predicted octanol–water partition coefficient (Wildman–Crippen LogP) is 2.88. The largest absolute Gasteiger partial charge is 0.352 e. The first-order valence-corrected chi connectivity index (χ1v) is 11.1. The van der Waals surface area contributed by atoms with Crippen LogP contribution in [0.5, 0.6) is 0 Å². The van der Waals surface area contributed by atoms with E-state index in [9.17, 15) is 18.0 Å². The van der Waals surface area contributed by atoms with Gasteiger partial charge >= 0.3 is 0 Å². The summed E-state index contributed by atoms with van der Waals surface area (Å²) < 4.78 is 26.7. The summed E-state index contributed by atoms with van der Waals surface area (Å²) in [5.74, 6) is -0.620. The summed E-state index contributed by atoms with van der Waals surface area (Å²) in [5, 5.41) is 5.87. The molecule has 2 N–H and O–H groups in total. The maximum atomic E-state index is 12.6. The molecule has 9 heteroatoms. The van der Waals surface area contributed by atoms with Gasteiger partial charge in [-0.1, -0.05) is 17.7 Å². The zero-order chi connectivity index (χ0) is 20.9. The molecule has 7 nitrogen and oxygen atoms in total. The van der Waals surface area contributed by atoms with E-state index in [1.54, 1.807) is 36.4 Å². The Hall–Kier alpha value is -2.42. The van der Waals surface area contributed by atoms with Crippen molar-refractivity contribution in [3.8, 4) is 0 Å². The Labute approximate surface area is 175 Å². The molecule has 1 aliphatic rings. The molecule has 0 atom stereocenters. The molecule has 1 aliphatic heterocycles. The highest BCUT2D eigenvalue weighted by Gasteiger charge is 2.27. The number of carbonyl (C=O) groups excluding carboxylic acids is 2. The number of rotatable bonds is 7. The van der Waals surface area contributed by atoms with Gasteiger partial charge in [0.1, 0.15) is 0 Å². The normalized spacial score (nSPS) is 14.5. The molecule has 0 bridgehead atoms. The molecule has 0 aliphatic carbocycles. The number of hydrogen-bond acceptors (Lipinski definition) is 4. The number of nitrogens with zero attached hydrogens (tertiary/aromatic N) is 1. The Balaban J connectivity index is 1.53. The Kier molecular flexibility index (Phi) is 6.89. The number of anilines is 1. The van der Waals surface area contributed by atoms with Crippen LogP contribution in [-0.4, -0.2) is 44.2 Å². The molecule has 0 saturated carbocycles. The minimum atomic E-state index is -3.54. The van der Waals surface area contributed by atoms with Gasteiger partial charge in [-0.3, -0.25) is 9.59 Å². The molecule has 1 heterocycles. The summed E-state index contributed by atoms with van der Waals surface area (Å²) in [6.45, 7) is 1.19. The number of carbonyl (C=O) groups is 2. The highest BCUT2D eigenvalue weighted by atomic mass is 35.5.